The molecule has 0 saturated heterocycles. The minimum absolute atomic E-state index is 0.451. The van der Waals surface area contributed by atoms with Gasteiger partial charge < -0.3 is 51.3 Å². The second kappa shape index (κ2) is 30.4. The van der Waals surface area contributed by atoms with Crippen LogP contribution in [0.3, 0.4) is 0 Å². The molecule has 0 unspecified atom stereocenters. The Morgan fingerprint density at radius 1 is 0.692 bits per heavy atom. The van der Waals surface area contributed by atoms with Gasteiger partial charge in [-0.1, -0.05) is 81.7 Å². The number of hydrogen-bond donors (Lipinski definition) is 6. The van der Waals surface area contributed by atoms with E-state index in [0.29, 0.717) is 90.3 Å². The van der Waals surface area contributed by atoms with Gasteiger partial charge in [0.2, 0.25) is 17.8 Å². The van der Waals surface area contributed by atoms with Crippen molar-refractivity contribution in [1.82, 2.24) is 25.6 Å². The lowest BCUT2D eigenvalue weighted by atomic mass is 10.1. The van der Waals surface area contributed by atoms with Crippen molar-refractivity contribution in [3.8, 4) is 0 Å². The molecule has 0 aliphatic carbocycles. The van der Waals surface area contributed by atoms with Crippen LogP contribution < -0.4 is 32.3 Å². The summed E-state index contributed by atoms with van der Waals surface area (Å²) in [6, 6.07) is 17.0. The van der Waals surface area contributed by atoms with Gasteiger partial charge in [0.05, 0.1) is 52.9 Å². The van der Waals surface area contributed by atoms with Crippen molar-refractivity contribution < 1.29 is 23.7 Å². The molecule has 0 amide bonds. The van der Waals surface area contributed by atoms with Gasteiger partial charge in [-0.05, 0) is 31.2 Å². The van der Waals surface area contributed by atoms with Gasteiger partial charge in [-0.3, -0.25) is 4.79 Å². The third kappa shape index (κ3) is 21.9. The number of carbonyl (C=O) groups excluding carboxylic acids is 1. The number of unbranched alkanes of at least 4 members (excludes halogenated alkanes) is 4. The third-order valence-corrected chi connectivity index (χ3v) is 7.24. The lowest BCUT2D eigenvalue weighted by molar-refractivity contribution is 0.0527. The van der Waals surface area contributed by atoms with Crippen LogP contribution in [0, 0.1) is 0 Å². The maximum atomic E-state index is 10.0. The summed E-state index contributed by atoms with van der Waals surface area (Å²) in [6.07, 6.45) is 6.82. The molecule has 0 aliphatic heterocycles. The van der Waals surface area contributed by atoms with E-state index in [9.17, 15) is 4.79 Å². The van der Waals surface area contributed by atoms with E-state index in [0.717, 1.165) is 48.3 Å². The second-order valence-electron chi connectivity index (χ2n) is 11.6. The van der Waals surface area contributed by atoms with E-state index in [1.165, 1.54) is 25.7 Å². The van der Waals surface area contributed by atoms with E-state index in [-0.39, 0.29) is 0 Å². The molecule has 14 heteroatoms. The average molecular weight is 724 g/mol. The maximum Gasteiger partial charge on any atom is 0.233 e. The number of nitrogens with one attached hydrogen (secondary N) is 5. The first-order valence-electron chi connectivity index (χ1n) is 18.3. The van der Waals surface area contributed by atoms with Crippen LogP contribution in [0.2, 0.25) is 0 Å². The number of aldehydes is 1. The highest BCUT2D eigenvalue weighted by atomic mass is 16.5. The van der Waals surface area contributed by atoms with E-state index >= 15 is 0 Å². The van der Waals surface area contributed by atoms with Gasteiger partial charge in [0.15, 0.2) is 0 Å². The van der Waals surface area contributed by atoms with Crippen LogP contribution in [0.4, 0.5) is 23.5 Å². The number of aromatic nitrogens is 3. The summed E-state index contributed by atoms with van der Waals surface area (Å²) in [5.41, 5.74) is 8.79. The number of likely N-dealkylation sites (N-methyl/N-ethyl adjacent to an activating group) is 1. The molecule has 0 spiro atoms. The highest BCUT2D eigenvalue weighted by molar-refractivity contribution is 5.74. The molecule has 52 heavy (non-hydrogen) atoms. The Morgan fingerprint density at radius 3 is 1.87 bits per heavy atom. The number of nitrogens with zero attached hydrogens (tertiary/aromatic N) is 3. The molecule has 1 heterocycles. The quantitative estimate of drug-likeness (QED) is 0.0411. The number of anilines is 4. The molecule has 7 N–H and O–H groups in total. The SMILES string of the molecule is C=C(NCCOCCOCCN)c1ccc(Nc2nc(NCCCCCCC)nc(NCCOCCOCCNC)n2)cc1.O=Cc1ccccc1. The smallest absolute Gasteiger partial charge is 0.233 e. The van der Waals surface area contributed by atoms with Crippen molar-refractivity contribution in [1.29, 1.82) is 0 Å². The molecule has 0 saturated carbocycles. The first kappa shape index (κ1) is 44.0. The van der Waals surface area contributed by atoms with Crippen LogP contribution in [0.15, 0.2) is 61.2 Å². The molecule has 3 aromatic rings. The van der Waals surface area contributed by atoms with E-state index < -0.39 is 0 Å². The number of hydrogen-bond acceptors (Lipinski definition) is 14. The third-order valence-electron chi connectivity index (χ3n) is 7.24. The fourth-order valence-corrected chi connectivity index (χ4v) is 4.45. The Balaban J connectivity index is 0.00000103. The number of nitrogens with two attached hydrogens (primary N) is 1. The largest absolute Gasteiger partial charge is 0.383 e. The van der Waals surface area contributed by atoms with Crippen LogP contribution in [0.25, 0.3) is 5.70 Å². The van der Waals surface area contributed by atoms with Crippen molar-refractivity contribution in [3.63, 3.8) is 0 Å². The van der Waals surface area contributed by atoms with E-state index in [1.54, 1.807) is 12.1 Å². The Kier molecular flexibility index (Phi) is 25.8. The van der Waals surface area contributed by atoms with Gasteiger partial charge in [-0.25, -0.2) is 0 Å². The highest BCUT2D eigenvalue weighted by Crippen LogP contribution is 2.19. The zero-order valence-electron chi connectivity index (χ0n) is 31.2. The number of carbonyl (C=O) groups is 1. The predicted octanol–water partition coefficient (Wildman–Crippen LogP) is 4.71. The molecule has 0 bridgehead atoms. The minimum atomic E-state index is 0.451. The van der Waals surface area contributed by atoms with Crippen molar-refractivity contribution >= 4 is 35.5 Å². The summed E-state index contributed by atoms with van der Waals surface area (Å²) in [5, 5.41) is 16.2. The Hall–Kier alpha value is -4.18. The molecule has 0 fully saturated rings. The second-order valence-corrected chi connectivity index (χ2v) is 11.6. The van der Waals surface area contributed by atoms with Crippen LogP contribution in [0.5, 0.6) is 0 Å². The van der Waals surface area contributed by atoms with Crippen molar-refractivity contribution in [2.45, 2.75) is 39.0 Å². The average Bonchev–Trinajstić information content (AvgIpc) is 3.17. The predicted molar refractivity (Wildman–Crippen MR) is 210 cm³/mol. The van der Waals surface area contributed by atoms with Crippen LogP contribution >= 0.6 is 0 Å². The fourth-order valence-electron chi connectivity index (χ4n) is 4.45. The van der Waals surface area contributed by atoms with Crippen LogP contribution in [-0.4, -0.2) is 114 Å². The zero-order valence-corrected chi connectivity index (χ0v) is 31.2. The minimum Gasteiger partial charge on any atom is -0.383 e. The van der Waals surface area contributed by atoms with Crippen molar-refractivity contribution in [2.24, 2.45) is 5.73 Å². The Labute approximate surface area is 310 Å². The standard InChI is InChI=1S/C31H55N9O4.C7H6O/c1-4-5-6-7-8-14-35-29-38-30(36-17-21-44-25-24-42-19-15-33-3)40-31(39-29)37-28-11-9-27(10-12-28)26(2)34-16-20-43-23-22-41-18-13-32;8-6-7-4-2-1-3-5-7/h9-12,33-34H,2,4-8,13-25,32H2,1,3H3,(H3,35,36,37,38,39,40);1-6H. The van der Waals surface area contributed by atoms with Gasteiger partial charge in [0.1, 0.15) is 6.29 Å². The number of ether oxygens (including phenoxy) is 4. The zero-order chi connectivity index (χ0) is 37.3. The lowest BCUT2D eigenvalue weighted by Crippen LogP contribution is -2.19. The van der Waals surface area contributed by atoms with Gasteiger partial charge >= 0.3 is 0 Å². The molecule has 0 atom stereocenters. The normalized spacial score (nSPS) is 10.6. The molecule has 3 rings (SSSR count). The molecule has 0 radical (unpaired) electrons. The highest BCUT2D eigenvalue weighted by Gasteiger charge is 2.08. The van der Waals surface area contributed by atoms with E-state index in [2.05, 4.69) is 55.0 Å². The lowest BCUT2D eigenvalue weighted by Gasteiger charge is -2.13. The summed E-state index contributed by atoms with van der Waals surface area (Å²) < 4.78 is 22.0. The fraction of sp³-hybridized carbons (Fsp3) is 0.526. The van der Waals surface area contributed by atoms with Gasteiger partial charge in [0, 0.05) is 49.7 Å². The van der Waals surface area contributed by atoms with Crippen molar-refractivity contribution in [2.75, 3.05) is 109 Å². The molecule has 2 aromatic carbocycles. The van der Waals surface area contributed by atoms with E-state index in [1.807, 2.05) is 49.5 Å². The number of rotatable bonds is 30. The first-order chi connectivity index (χ1) is 25.6. The maximum absolute atomic E-state index is 10.0. The molecule has 14 nitrogen and oxygen atoms in total. The summed E-state index contributed by atoms with van der Waals surface area (Å²) in [7, 11) is 1.90. The van der Waals surface area contributed by atoms with Crippen LogP contribution in [-0.2, 0) is 18.9 Å². The Bertz CT molecular complexity index is 1320. The molecular weight excluding hydrogens is 662 g/mol. The first-order valence-corrected chi connectivity index (χ1v) is 18.3. The summed E-state index contributed by atoms with van der Waals surface area (Å²) in [4.78, 5) is 23.7. The molecule has 0 aliphatic rings. The monoisotopic (exact) mass is 723 g/mol. The number of benzene rings is 2. The van der Waals surface area contributed by atoms with Gasteiger partial charge in [-0.15, -0.1) is 0 Å². The van der Waals surface area contributed by atoms with E-state index in [4.69, 9.17) is 24.7 Å². The van der Waals surface area contributed by atoms with Crippen molar-refractivity contribution in [3.05, 3.63) is 72.3 Å². The summed E-state index contributed by atoms with van der Waals surface area (Å²) >= 11 is 0. The Morgan fingerprint density at radius 2 is 1.27 bits per heavy atom. The molecular formula is C38H61N9O5. The van der Waals surface area contributed by atoms with Gasteiger partial charge in [-0.2, -0.15) is 15.0 Å². The van der Waals surface area contributed by atoms with Crippen LogP contribution in [0.1, 0.15) is 54.9 Å². The molecule has 1 aromatic heterocycles. The topological polar surface area (TPSA) is 179 Å². The summed E-state index contributed by atoms with van der Waals surface area (Å²) in [5.74, 6) is 1.46. The summed E-state index contributed by atoms with van der Waals surface area (Å²) in [6.45, 7) is 14.2. The molecule has 288 valence electrons. The van der Waals surface area contributed by atoms with Gasteiger partial charge in [0.25, 0.3) is 0 Å².